The van der Waals surface area contributed by atoms with E-state index in [1.807, 2.05) is 42.5 Å². The number of rotatable bonds is 1. The van der Waals surface area contributed by atoms with Gasteiger partial charge in [0, 0.05) is 11.1 Å². The number of hydrogen-bond acceptors (Lipinski definition) is 4. The molecule has 122 valence electrons. The van der Waals surface area contributed by atoms with Gasteiger partial charge in [-0.3, -0.25) is 0 Å². The Balaban J connectivity index is 1.70. The molecule has 0 aliphatic heterocycles. The first-order chi connectivity index (χ1) is 12.7. The highest BCUT2D eigenvalue weighted by molar-refractivity contribution is 7.21. The van der Waals surface area contributed by atoms with Gasteiger partial charge in [0.25, 0.3) is 0 Å². The molecule has 0 unspecified atom stereocenters. The Hall–Kier alpha value is -3.60. The molecule has 0 radical (unpaired) electrons. The molecular weight excluding hydrogens is 340 g/mol. The molecule has 0 saturated heterocycles. The van der Waals surface area contributed by atoms with Gasteiger partial charge in [-0.05, 0) is 54.6 Å². The van der Waals surface area contributed by atoms with Gasteiger partial charge in [-0.15, -0.1) is 11.3 Å². The predicted octanol–water partition coefficient (Wildman–Crippen LogP) is 4.94. The van der Waals surface area contributed by atoms with E-state index in [9.17, 15) is 5.11 Å². The summed E-state index contributed by atoms with van der Waals surface area (Å²) < 4.78 is 1.08. The lowest BCUT2D eigenvalue weighted by molar-refractivity contribution is 0.477. The number of phenols is 1. The first-order valence-electron chi connectivity index (χ1n) is 7.94. The van der Waals surface area contributed by atoms with Crippen molar-refractivity contribution in [3.05, 3.63) is 83.4 Å². The zero-order chi connectivity index (χ0) is 17.9. The molecule has 26 heavy (non-hydrogen) atoms. The SMILES string of the molecule is N#Cc1ccc(C#Cc2ccc(O)c(-c3nc4ccccc4s3)c2)cc1. The lowest BCUT2D eigenvalue weighted by Crippen LogP contribution is -1.82. The van der Waals surface area contributed by atoms with Gasteiger partial charge >= 0.3 is 0 Å². The van der Waals surface area contributed by atoms with Crippen molar-refractivity contribution < 1.29 is 5.11 Å². The highest BCUT2D eigenvalue weighted by atomic mass is 32.1. The molecule has 4 heteroatoms. The number of thiazole rings is 1. The summed E-state index contributed by atoms with van der Waals surface area (Å²) in [6.07, 6.45) is 0. The lowest BCUT2D eigenvalue weighted by Gasteiger charge is -2.01. The first kappa shape index (κ1) is 15.9. The summed E-state index contributed by atoms with van der Waals surface area (Å²) in [5.74, 6) is 6.37. The normalized spacial score (nSPS) is 10.1. The zero-order valence-corrected chi connectivity index (χ0v) is 14.4. The van der Waals surface area contributed by atoms with Crippen LogP contribution < -0.4 is 0 Å². The van der Waals surface area contributed by atoms with Crippen molar-refractivity contribution in [3.8, 4) is 34.2 Å². The second-order valence-corrected chi connectivity index (χ2v) is 6.69. The van der Waals surface area contributed by atoms with Crippen LogP contribution in [0.4, 0.5) is 0 Å². The third kappa shape index (κ3) is 3.15. The van der Waals surface area contributed by atoms with Crippen LogP contribution in [-0.2, 0) is 0 Å². The van der Waals surface area contributed by atoms with Gasteiger partial charge in [0.1, 0.15) is 10.8 Å². The maximum Gasteiger partial charge on any atom is 0.128 e. The highest BCUT2D eigenvalue weighted by Crippen LogP contribution is 2.35. The van der Waals surface area contributed by atoms with Gasteiger partial charge in [0.2, 0.25) is 0 Å². The standard InChI is InChI=1S/C22H12N2OS/c23-14-17-9-6-15(7-10-17)5-8-16-11-12-20(25)18(13-16)22-24-19-3-1-2-4-21(19)26-22/h1-4,6-7,9-13,25H. The molecule has 1 N–H and O–H groups in total. The van der Waals surface area contributed by atoms with Crippen molar-refractivity contribution in [2.45, 2.75) is 0 Å². The van der Waals surface area contributed by atoms with Crippen molar-refractivity contribution in [3.63, 3.8) is 0 Å². The number of fused-ring (bicyclic) bond motifs is 1. The number of aromatic nitrogens is 1. The summed E-state index contributed by atoms with van der Waals surface area (Å²) in [4.78, 5) is 4.60. The summed E-state index contributed by atoms with van der Waals surface area (Å²) in [6.45, 7) is 0. The Morgan fingerprint density at radius 1 is 0.846 bits per heavy atom. The molecule has 0 bridgehead atoms. The van der Waals surface area contributed by atoms with Gasteiger partial charge in [-0.25, -0.2) is 4.98 Å². The number of nitriles is 1. The third-order valence-corrected chi connectivity index (χ3v) is 4.96. The number of benzene rings is 3. The molecule has 3 aromatic carbocycles. The summed E-state index contributed by atoms with van der Waals surface area (Å²) in [5.41, 5.74) is 3.83. The number of para-hydroxylation sites is 1. The fraction of sp³-hybridized carbons (Fsp3) is 0. The fourth-order valence-corrected chi connectivity index (χ4v) is 3.54. The van der Waals surface area contributed by atoms with E-state index in [1.54, 1.807) is 35.6 Å². The number of aromatic hydroxyl groups is 1. The summed E-state index contributed by atoms with van der Waals surface area (Å²) in [5, 5.41) is 19.9. The summed E-state index contributed by atoms with van der Waals surface area (Å²) in [6, 6.07) is 22.4. The van der Waals surface area contributed by atoms with E-state index in [0.717, 1.165) is 26.4 Å². The van der Waals surface area contributed by atoms with Gasteiger partial charge in [0.05, 0.1) is 27.4 Å². The van der Waals surface area contributed by atoms with Crippen LogP contribution in [-0.4, -0.2) is 10.1 Å². The molecule has 0 atom stereocenters. The monoisotopic (exact) mass is 352 g/mol. The Morgan fingerprint density at radius 2 is 1.54 bits per heavy atom. The minimum atomic E-state index is 0.188. The molecule has 1 heterocycles. The molecule has 0 amide bonds. The molecule has 0 saturated carbocycles. The van der Waals surface area contributed by atoms with Crippen LogP contribution in [0.2, 0.25) is 0 Å². The van der Waals surface area contributed by atoms with E-state index in [0.29, 0.717) is 11.1 Å². The third-order valence-electron chi connectivity index (χ3n) is 3.89. The Morgan fingerprint density at radius 3 is 2.31 bits per heavy atom. The van der Waals surface area contributed by atoms with E-state index < -0.39 is 0 Å². The molecule has 0 spiro atoms. The van der Waals surface area contributed by atoms with E-state index in [2.05, 4.69) is 22.9 Å². The molecule has 1 aromatic heterocycles. The zero-order valence-electron chi connectivity index (χ0n) is 13.6. The predicted molar refractivity (Wildman–Crippen MR) is 104 cm³/mol. The van der Waals surface area contributed by atoms with E-state index in [-0.39, 0.29) is 5.75 Å². The average molecular weight is 352 g/mol. The minimum Gasteiger partial charge on any atom is -0.507 e. The van der Waals surface area contributed by atoms with Crippen LogP contribution in [0.5, 0.6) is 5.75 Å². The van der Waals surface area contributed by atoms with Crippen molar-refractivity contribution in [2.24, 2.45) is 0 Å². The molecule has 0 aliphatic rings. The minimum absolute atomic E-state index is 0.188. The van der Waals surface area contributed by atoms with Crippen molar-refractivity contribution in [1.82, 2.24) is 4.98 Å². The van der Waals surface area contributed by atoms with Crippen LogP contribution in [0.15, 0.2) is 66.7 Å². The van der Waals surface area contributed by atoms with Crippen LogP contribution >= 0.6 is 11.3 Å². The maximum absolute atomic E-state index is 10.2. The Bertz CT molecular complexity index is 1170. The Kier molecular flexibility index (Phi) is 4.11. The second kappa shape index (κ2) is 6.72. The topological polar surface area (TPSA) is 56.9 Å². The lowest BCUT2D eigenvalue weighted by atomic mass is 10.1. The van der Waals surface area contributed by atoms with Gasteiger partial charge in [-0.1, -0.05) is 24.0 Å². The number of hydrogen-bond donors (Lipinski definition) is 1. The maximum atomic E-state index is 10.2. The quantitative estimate of drug-likeness (QED) is 0.494. The summed E-state index contributed by atoms with van der Waals surface area (Å²) >= 11 is 1.54. The van der Waals surface area contributed by atoms with Crippen LogP contribution in [0, 0.1) is 23.2 Å². The van der Waals surface area contributed by atoms with E-state index in [4.69, 9.17) is 5.26 Å². The average Bonchev–Trinajstić information content (AvgIpc) is 3.11. The summed E-state index contributed by atoms with van der Waals surface area (Å²) in [7, 11) is 0. The second-order valence-electron chi connectivity index (χ2n) is 5.66. The molecule has 4 aromatic rings. The smallest absolute Gasteiger partial charge is 0.128 e. The van der Waals surface area contributed by atoms with Gasteiger partial charge < -0.3 is 5.11 Å². The highest BCUT2D eigenvalue weighted by Gasteiger charge is 2.10. The van der Waals surface area contributed by atoms with Crippen LogP contribution in [0.1, 0.15) is 16.7 Å². The van der Waals surface area contributed by atoms with Crippen LogP contribution in [0.3, 0.4) is 0 Å². The van der Waals surface area contributed by atoms with Crippen molar-refractivity contribution in [1.29, 1.82) is 5.26 Å². The number of nitrogens with zero attached hydrogens (tertiary/aromatic N) is 2. The molecule has 3 nitrogen and oxygen atoms in total. The van der Waals surface area contributed by atoms with Crippen molar-refractivity contribution >= 4 is 21.6 Å². The Labute approximate surface area is 154 Å². The van der Waals surface area contributed by atoms with E-state index >= 15 is 0 Å². The molecule has 0 fully saturated rings. The first-order valence-corrected chi connectivity index (χ1v) is 8.76. The fourth-order valence-electron chi connectivity index (χ4n) is 2.54. The molecular formula is C22H12N2OS. The van der Waals surface area contributed by atoms with E-state index in [1.165, 1.54) is 0 Å². The largest absolute Gasteiger partial charge is 0.507 e. The van der Waals surface area contributed by atoms with Gasteiger partial charge in [0.15, 0.2) is 0 Å². The number of phenolic OH excluding ortho intramolecular Hbond substituents is 1. The molecule has 4 rings (SSSR count). The van der Waals surface area contributed by atoms with Crippen LogP contribution in [0.25, 0.3) is 20.8 Å². The van der Waals surface area contributed by atoms with Crippen molar-refractivity contribution in [2.75, 3.05) is 0 Å². The van der Waals surface area contributed by atoms with Gasteiger partial charge in [-0.2, -0.15) is 5.26 Å². The molecule has 0 aliphatic carbocycles.